The Kier molecular flexibility index (Phi) is 8.65. The van der Waals surface area contributed by atoms with Crippen molar-refractivity contribution in [2.75, 3.05) is 30.0 Å². The number of rotatable bonds is 8. The van der Waals surface area contributed by atoms with Crippen molar-refractivity contribution in [3.8, 4) is 0 Å². The average Bonchev–Trinajstić information content (AvgIpc) is 2.66. The number of methoxy groups -OCH3 is 1. The summed E-state index contributed by atoms with van der Waals surface area (Å²) in [5.74, 6) is -1.47. The van der Waals surface area contributed by atoms with E-state index < -0.39 is 5.97 Å². The van der Waals surface area contributed by atoms with E-state index in [2.05, 4.69) is 4.74 Å². The van der Waals surface area contributed by atoms with Crippen LogP contribution in [0.4, 0.5) is 11.4 Å². The normalized spacial score (nSPS) is 10.8. The van der Waals surface area contributed by atoms with Crippen LogP contribution in [0.3, 0.4) is 0 Å². The fourth-order valence-electron chi connectivity index (χ4n) is 2.32. The lowest BCUT2D eigenvalue weighted by Gasteiger charge is -2.22. The SMILES string of the molecule is CCN(C(=O)/C=C\C(C)=O)c1ccc(N(CC)C(=O)/C=C\C(=O)OC)cc1. The molecule has 27 heavy (non-hydrogen) atoms. The van der Waals surface area contributed by atoms with Gasteiger partial charge in [0, 0.05) is 42.7 Å². The molecule has 1 aromatic carbocycles. The van der Waals surface area contributed by atoms with E-state index in [1.165, 1.54) is 36.0 Å². The van der Waals surface area contributed by atoms with Crippen LogP contribution >= 0.6 is 0 Å². The van der Waals surface area contributed by atoms with Crippen molar-refractivity contribution in [1.82, 2.24) is 0 Å². The lowest BCUT2D eigenvalue weighted by molar-refractivity contribution is -0.135. The van der Waals surface area contributed by atoms with Gasteiger partial charge in [-0.1, -0.05) is 0 Å². The monoisotopic (exact) mass is 372 g/mol. The molecule has 0 bridgehead atoms. The van der Waals surface area contributed by atoms with Crippen molar-refractivity contribution in [1.29, 1.82) is 0 Å². The number of hydrogen-bond donors (Lipinski definition) is 0. The van der Waals surface area contributed by atoms with E-state index in [0.717, 1.165) is 12.2 Å². The zero-order valence-electron chi connectivity index (χ0n) is 16.0. The van der Waals surface area contributed by atoms with Gasteiger partial charge in [-0.15, -0.1) is 0 Å². The highest BCUT2D eigenvalue weighted by molar-refractivity contribution is 6.06. The second-order valence-electron chi connectivity index (χ2n) is 5.48. The number of benzene rings is 1. The highest BCUT2D eigenvalue weighted by Crippen LogP contribution is 2.21. The number of ketones is 1. The molecular formula is C20H24N2O5. The molecule has 0 spiro atoms. The fourth-order valence-corrected chi connectivity index (χ4v) is 2.32. The quantitative estimate of drug-likeness (QED) is 0.516. The number of esters is 1. The third-order valence-corrected chi connectivity index (χ3v) is 3.66. The van der Waals surface area contributed by atoms with Crippen LogP contribution in [0.2, 0.25) is 0 Å². The lowest BCUT2D eigenvalue weighted by atomic mass is 10.2. The Bertz CT molecular complexity index is 750. The number of likely N-dealkylation sites (N-methyl/N-ethyl adjacent to an activating group) is 2. The van der Waals surface area contributed by atoms with Crippen LogP contribution in [0, 0.1) is 0 Å². The first-order valence-corrected chi connectivity index (χ1v) is 8.51. The topological polar surface area (TPSA) is 84.0 Å². The summed E-state index contributed by atoms with van der Waals surface area (Å²) >= 11 is 0. The third-order valence-electron chi connectivity index (χ3n) is 3.66. The van der Waals surface area contributed by atoms with Gasteiger partial charge in [-0.2, -0.15) is 0 Å². The van der Waals surface area contributed by atoms with Crippen molar-refractivity contribution < 1.29 is 23.9 Å². The Labute approximate surface area is 158 Å². The van der Waals surface area contributed by atoms with Crippen LogP contribution in [0.5, 0.6) is 0 Å². The molecule has 0 N–H and O–H groups in total. The van der Waals surface area contributed by atoms with Crippen molar-refractivity contribution in [2.45, 2.75) is 20.8 Å². The number of nitrogens with zero attached hydrogens (tertiary/aromatic N) is 2. The van der Waals surface area contributed by atoms with Gasteiger partial charge in [0.15, 0.2) is 5.78 Å². The summed E-state index contributed by atoms with van der Waals surface area (Å²) in [6, 6.07) is 6.87. The van der Waals surface area contributed by atoms with E-state index in [1.54, 1.807) is 24.3 Å². The van der Waals surface area contributed by atoms with Gasteiger partial charge in [0.05, 0.1) is 7.11 Å². The maximum absolute atomic E-state index is 12.3. The summed E-state index contributed by atoms with van der Waals surface area (Å²) in [5.41, 5.74) is 1.27. The first-order chi connectivity index (χ1) is 12.8. The summed E-state index contributed by atoms with van der Waals surface area (Å²) in [6.45, 7) is 5.85. The van der Waals surface area contributed by atoms with Crippen molar-refractivity contribution >= 4 is 34.9 Å². The van der Waals surface area contributed by atoms with Gasteiger partial charge in [-0.3, -0.25) is 14.4 Å². The summed E-state index contributed by atoms with van der Waals surface area (Å²) in [4.78, 5) is 49.6. The average molecular weight is 372 g/mol. The number of carbonyl (C=O) groups excluding carboxylic acids is 4. The number of allylic oxidation sites excluding steroid dienone is 1. The van der Waals surface area contributed by atoms with E-state index in [9.17, 15) is 19.2 Å². The van der Waals surface area contributed by atoms with E-state index in [0.29, 0.717) is 24.5 Å². The number of hydrogen-bond acceptors (Lipinski definition) is 5. The van der Waals surface area contributed by atoms with Gasteiger partial charge in [0.1, 0.15) is 0 Å². The van der Waals surface area contributed by atoms with Crippen LogP contribution < -0.4 is 9.80 Å². The molecule has 2 amide bonds. The number of carbonyl (C=O) groups is 4. The van der Waals surface area contributed by atoms with Crippen molar-refractivity contribution in [2.24, 2.45) is 0 Å². The van der Waals surface area contributed by atoms with Gasteiger partial charge in [0.2, 0.25) is 0 Å². The second kappa shape index (κ2) is 10.7. The molecule has 0 aliphatic carbocycles. The minimum Gasteiger partial charge on any atom is -0.466 e. The summed E-state index contributed by atoms with van der Waals surface area (Å²) < 4.78 is 4.47. The van der Waals surface area contributed by atoms with Crippen molar-refractivity contribution in [3.05, 3.63) is 48.6 Å². The van der Waals surface area contributed by atoms with Crippen LogP contribution in [-0.4, -0.2) is 43.8 Å². The van der Waals surface area contributed by atoms with E-state index in [4.69, 9.17) is 0 Å². The van der Waals surface area contributed by atoms with E-state index in [-0.39, 0.29) is 17.6 Å². The number of anilines is 2. The Morgan fingerprint density at radius 3 is 1.56 bits per heavy atom. The molecule has 144 valence electrons. The molecule has 0 fully saturated rings. The minimum absolute atomic E-state index is 0.202. The predicted molar refractivity (Wildman–Crippen MR) is 103 cm³/mol. The molecule has 1 rings (SSSR count). The Balaban J connectivity index is 2.99. The number of ether oxygens (including phenoxy) is 1. The molecule has 0 unspecified atom stereocenters. The van der Waals surface area contributed by atoms with Crippen molar-refractivity contribution in [3.63, 3.8) is 0 Å². The Morgan fingerprint density at radius 2 is 1.22 bits per heavy atom. The number of amides is 2. The molecule has 0 radical (unpaired) electrons. The zero-order chi connectivity index (χ0) is 20.4. The van der Waals surface area contributed by atoms with Gasteiger partial charge >= 0.3 is 5.97 Å². The lowest BCUT2D eigenvalue weighted by Crippen LogP contribution is -2.30. The van der Waals surface area contributed by atoms with Gasteiger partial charge < -0.3 is 14.5 Å². The first kappa shape index (κ1) is 21.8. The molecule has 0 atom stereocenters. The molecule has 7 heteroatoms. The standard InChI is InChI=1S/C20H24N2O5/c1-5-21(18(24)12-7-15(3)23)16-8-10-17(11-9-16)22(6-2)19(25)13-14-20(26)27-4/h7-14H,5-6H2,1-4H3/b12-7-,14-13-. The Hall–Kier alpha value is -3.22. The first-order valence-electron chi connectivity index (χ1n) is 8.51. The second-order valence-corrected chi connectivity index (χ2v) is 5.48. The minimum atomic E-state index is -0.606. The zero-order valence-corrected chi connectivity index (χ0v) is 16.0. The third kappa shape index (κ3) is 6.54. The molecule has 0 saturated heterocycles. The molecule has 0 heterocycles. The molecule has 0 aliphatic heterocycles. The maximum atomic E-state index is 12.3. The summed E-state index contributed by atoms with van der Waals surface area (Å²) in [5, 5.41) is 0. The van der Waals surface area contributed by atoms with Gasteiger partial charge in [-0.05, 0) is 51.1 Å². The van der Waals surface area contributed by atoms with E-state index in [1.807, 2.05) is 13.8 Å². The molecule has 0 aromatic heterocycles. The van der Waals surface area contributed by atoms with Gasteiger partial charge in [0.25, 0.3) is 11.8 Å². The highest BCUT2D eigenvalue weighted by atomic mass is 16.5. The highest BCUT2D eigenvalue weighted by Gasteiger charge is 2.14. The maximum Gasteiger partial charge on any atom is 0.330 e. The van der Waals surface area contributed by atoms with Crippen LogP contribution in [0.25, 0.3) is 0 Å². The molecular weight excluding hydrogens is 348 g/mol. The van der Waals surface area contributed by atoms with E-state index >= 15 is 0 Å². The van der Waals surface area contributed by atoms with Crippen LogP contribution in [0.1, 0.15) is 20.8 Å². The largest absolute Gasteiger partial charge is 0.466 e. The summed E-state index contributed by atoms with van der Waals surface area (Å²) in [6.07, 6.45) is 4.68. The smallest absolute Gasteiger partial charge is 0.330 e. The molecule has 0 saturated carbocycles. The van der Waals surface area contributed by atoms with Crippen LogP contribution in [-0.2, 0) is 23.9 Å². The predicted octanol–water partition coefficient (Wildman–Crippen LogP) is 2.27. The Morgan fingerprint density at radius 1 is 0.815 bits per heavy atom. The molecule has 0 aliphatic rings. The molecule has 1 aromatic rings. The fraction of sp³-hybridized carbons (Fsp3) is 0.300. The molecule has 7 nitrogen and oxygen atoms in total. The van der Waals surface area contributed by atoms with Crippen LogP contribution in [0.15, 0.2) is 48.6 Å². The summed E-state index contributed by atoms with van der Waals surface area (Å²) in [7, 11) is 1.24. The van der Waals surface area contributed by atoms with Gasteiger partial charge in [-0.25, -0.2) is 4.79 Å².